The maximum absolute atomic E-state index is 13.3. The molecule has 0 aliphatic heterocycles. The Labute approximate surface area is 392 Å². The molecule has 0 atom stereocenters. The molecular formula is C34H25N6Na3O11S3. The van der Waals surface area contributed by atoms with Gasteiger partial charge in [-0.3, -0.25) is 9.11 Å². The Hall–Kier alpha value is -3.03. The summed E-state index contributed by atoms with van der Waals surface area (Å²) in [6, 6.07) is 17.3. The Kier molecular flexibility index (Phi) is 15.3. The van der Waals surface area contributed by atoms with Crippen LogP contribution < -0.4 is 110 Å². The molecular weight excluding hydrogens is 834 g/mol. The van der Waals surface area contributed by atoms with Gasteiger partial charge < -0.3 is 26.2 Å². The first-order valence-electron chi connectivity index (χ1n) is 15.2. The minimum atomic E-state index is -5.10. The Balaban J connectivity index is 0.00000290. The first-order chi connectivity index (χ1) is 25.1. The minimum Gasteiger partial charge on any atom is -0.870 e. The average molecular weight is 859 g/mol. The van der Waals surface area contributed by atoms with Gasteiger partial charge in [0.2, 0.25) is 0 Å². The van der Waals surface area contributed by atoms with Crippen molar-refractivity contribution in [2.45, 2.75) is 28.5 Å². The molecule has 278 valence electrons. The van der Waals surface area contributed by atoms with E-state index < -0.39 is 67.9 Å². The number of hydrogen-bond donors (Lipinski definition) is 4. The van der Waals surface area contributed by atoms with E-state index in [1.807, 2.05) is 0 Å². The number of anilines is 2. The average Bonchev–Trinajstić information content (AvgIpc) is 3.06. The summed E-state index contributed by atoms with van der Waals surface area (Å²) in [5, 5.41) is 41.7. The minimum absolute atomic E-state index is 0. The van der Waals surface area contributed by atoms with Crippen molar-refractivity contribution in [3.05, 3.63) is 90.0 Å². The molecule has 0 unspecified atom stereocenters. The van der Waals surface area contributed by atoms with Crippen LogP contribution in [-0.4, -0.2) is 38.9 Å². The van der Waals surface area contributed by atoms with Crippen LogP contribution in [0.3, 0.4) is 0 Å². The third-order valence-corrected chi connectivity index (χ3v) is 10.9. The van der Waals surface area contributed by atoms with Gasteiger partial charge in [-0.2, -0.15) is 32.2 Å². The molecule has 0 aliphatic carbocycles. The van der Waals surface area contributed by atoms with Crippen molar-refractivity contribution in [3.8, 4) is 22.6 Å². The zero-order valence-corrected chi connectivity index (χ0v) is 39.2. The Morgan fingerprint density at radius 2 is 1.07 bits per heavy atom. The number of azo groups is 2. The number of benzene rings is 6. The van der Waals surface area contributed by atoms with Gasteiger partial charge >= 0.3 is 88.7 Å². The Morgan fingerprint density at radius 3 is 1.58 bits per heavy atom. The molecule has 0 radical (unpaired) electrons. The molecule has 0 saturated carbocycles. The fraction of sp³-hybridized carbons (Fsp3) is 0.0588. The van der Waals surface area contributed by atoms with E-state index in [9.17, 15) is 49.1 Å². The Morgan fingerprint density at radius 1 is 0.561 bits per heavy atom. The fourth-order valence-electron chi connectivity index (χ4n) is 5.72. The number of hydrogen-bond acceptors (Lipinski definition) is 15. The molecule has 6 rings (SSSR count). The van der Waals surface area contributed by atoms with E-state index in [2.05, 4.69) is 20.5 Å². The third-order valence-electron chi connectivity index (χ3n) is 8.33. The van der Waals surface area contributed by atoms with Gasteiger partial charge in [-0.25, -0.2) is 8.42 Å². The monoisotopic (exact) mass is 858 g/mol. The quantitative estimate of drug-likeness (QED) is 0.0509. The normalized spacial score (nSPS) is 12.1. The first-order valence-corrected chi connectivity index (χ1v) is 19.5. The second kappa shape index (κ2) is 18.1. The predicted molar refractivity (Wildman–Crippen MR) is 193 cm³/mol. The third kappa shape index (κ3) is 10.1. The maximum atomic E-state index is 13.3. The van der Waals surface area contributed by atoms with Crippen LogP contribution in [0.15, 0.2) is 114 Å². The molecule has 6 aromatic rings. The van der Waals surface area contributed by atoms with Gasteiger partial charge in [0, 0.05) is 22.1 Å². The molecule has 0 heterocycles. The number of rotatable bonds is 8. The van der Waals surface area contributed by atoms with Crippen molar-refractivity contribution in [3.63, 3.8) is 0 Å². The van der Waals surface area contributed by atoms with Crippen molar-refractivity contribution in [2.24, 2.45) is 20.5 Å². The van der Waals surface area contributed by atoms with E-state index >= 15 is 0 Å². The molecule has 23 heteroatoms. The number of nitrogens with zero attached hydrogens (tertiary/aromatic N) is 4. The van der Waals surface area contributed by atoms with Crippen molar-refractivity contribution < 1.29 is 138 Å². The molecule has 0 bridgehead atoms. The van der Waals surface area contributed by atoms with Gasteiger partial charge in [-0.1, -0.05) is 29.7 Å². The van der Waals surface area contributed by atoms with Crippen LogP contribution in [0.1, 0.15) is 11.1 Å². The summed E-state index contributed by atoms with van der Waals surface area (Å²) in [4.78, 5) is -2.26. The first kappa shape index (κ1) is 48.3. The Bertz CT molecular complexity index is 3000. The van der Waals surface area contributed by atoms with Crippen molar-refractivity contribution in [1.29, 1.82) is 0 Å². The largest absolute Gasteiger partial charge is 1.00 e. The van der Waals surface area contributed by atoms with E-state index in [-0.39, 0.29) is 127 Å². The summed E-state index contributed by atoms with van der Waals surface area (Å²) in [7, 11) is -14.7. The molecule has 0 amide bonds. The topological polar surface area (TPSA) is 314 Å². The number of nitrogens with two attached hydrogens (primary N) is 2. The van der Waals surface area contributed by atoms with Crippen LogP contribution >= 0.6 is 0 Å². The predicted octanol–water partition coefficient (Wildman–Crippen LogP) is -3.17. The second-order valence-corrected chi connectivity index (χ2v) is 16.1. The molecule has 17 nitrogen and oxygen atoms in total. The van der Waals surface area contributed by atoms with Crippen molar-refractivity contribution in [1.82, 2.24) is 0 Å². The summed E-state index contributed by atoms with van der Waals surface area (Å²) >= 11 is 0. The molecule has 6 N–H and O–H groups in total. The van der Waals surface area contributed by atoms with Crippen LogP contribution in [0.4, 0.5) is 34.1 Å². The van der Waals surface area contributed by atoms with Crippen LogP contribution in [0.2, 0.25) is 0 Å². The molecule has 0 aliphatic rings. The van der Waals surface area contributed by atoms with E-state index in [1.54, 1.807) is 50.2 Å². The van der Waals surface area contributed by atoms with Crippen molar-refractivity contribution in [2.75, 3.05) is 11.5 Å². The van der Waals surface area contributed by atoms with Crippen LogP contribution in [0, 0.1) is 13.8 Å². The summed E-state index contributed by atoms with van der Waals surface area (Å²) in [5.41, 5.74) is 13.7. The second-order valence-electron chi connectivity index (χ2n) is 12.0. The van der Waals surface area contributed by atoms with E-state index in [0.29, 0.717) is 22.4 Å². The number of nitrogen functional groups attached to an aromatic ring is 2. The van der Waals surface area contributed by atoms with Gasteiger partial charge in [-0.15, -0.1) is 5.11 Å². The van der Waals surface area contributed by atoms with Crippen LogP contribution in [0.25, 0.3) is 32.7 Å². The van der Waals surface area contributed by atoms with Crippen molar-refractivity contribution >= 4 is 86.0 Å². The van der Waals surface area contributed by atoms with E-state index in [0.717, 1.165) is 29.8 Å². The molecule has 0 aromatic heterocycles. The van der Waals surface area contributed by atoms with Crippen LogP contribution in [0.5, 0.6) is 11.5 Å². The summed E-state index contributed by atoms with van der Waals surface area (Å²) in [5.74, 6) is -1.76. The molecule has 0 saturated heterocycles. The van der Waals surface area contributed by atoms with E-state index in [1.165, 1.54) is 18.2 Å². The number of aryl methyl sites for hydroxylation is 2. The SMILES string of the molecule is Cc1cc(-c2ccc(N=Nc3c(S(=O)(=O)O)cc4cc(S(=O)(=O)[O-])cc(N)c4c3[O-])c(C)c2)ccc1N=Nc1ccc2c(S(=O)(=O)O)ccc(N)c2c1[O-].[Na+].[Na+].[Na+]. The summed E-state index contributed by atoms with van der Waals surface area (Å²) in [6.45, 7) is 3.43. The molecule has 0 spiro atoms. The number of fused-ring (bicyclic) bond motifs is 2. The smallest absolute Gasteiger partial charge is 0.870 e. The van der Waals surface area contributed by atoms with Gasteiger partial charge in [-0.05, 0) is 108 Å². The van der Waals surface area contributed by atoms with E-state index in [4.69, 9.17) is 11.5 Å². The summed E-state index contributed by atoms with van der Waals surface area (Å²) < 4.78 is 102. The molecule has 6 aromatic carbocycles. The molecule has 0 fully saturated rings. The standard InChI is InChI=1S/C34H28N6O11S3.3Na/c1-16-11-18(3-7-25(16)37-39-27-9-5-22-28(53(46,47)48)10-6-23(35)31(22)33(27)41)19-4-8-26(17(2)12-19)38-40-32-29(54(49,50)51)14-20-13-21(52(43,44)45)15-24(36)30(20)34(32)42;;;/h3-15,41-42H,35-36H2,1-2H3,(H,43,44,45)(H,46,47,48)(H,49,50,51);;;/q;3*+1/p-3. The fourth-order valence-corrected chi connectivity index (χ4v) is 7.61. The summed E-state index contributed by atoms with van der Waals surface area (Å²) in [6.07, 6.45) is 0. The maximum Gasteiger partial charge on any atom is 1.00 e. The van der Waals surface area contributed by atoms with Crippen LogP contribution in [-0.2, 0) is 30.4 Å². The zero-order chi connectivity index (χ0) is 39.5. The van der Waals surface area contributed by atoms with Gasteiger partial charge in [0.15, 0.2) is 0 Å². The van der Waals surface area contributed by atoms with Gasteiger partial charge in [0.1, 0.15) is 19.9 Å². The van der Waals surface area contributed by atoms with Gasteiger partial charge in [0.05, 0.1) is 27.6 Å². The van der Waals surface area contributed by atoms with Gasteiger partial charge in [0.25, 0.3) is 20.2 Å². The zero-order valence-electron chi connectivity index (χ0n) is 30.7. The molecule has 57 heavy (non-hydrogen) atoms.